The van der Waals surface area contributed by atoms with E-state index in [0.717, 1.165) is 12.1 Å². The number of alkyl halides is 3. The first kappa shape index (κ1) is 15.7. The second-order valence-electron chi connectivity index (χ2n) is 4.48. The zero-order chi connectivity index (χ0) is 16.2. The van der Waals surface area contributed by atoms with Crippen LogP contribution in [0.1, 0.15) is 12.5 Å². The van der Waals surface area contributed by atoms with Gasteiger partial charge in [0, 0.05) is 0 Å². The molecule has 0 heterocycles. The quantitative estimate of drug-likeness (QED) is 0.815. The molecule has 0 spiro atoms. The number of nitrogens with zero attached hydrogens (tertiary/aromatic N) is 1. The summed E-state index contributed by atoms with van der Waals surface area (Å²) in [5.74, 6) is 1.26. The van der Waals surface area contributed by atoms with E-state index in [1.54, 1.807) is 31.2 Å². The molecular formula is C16H12F3NO2. The van der Waals surface area contributed by atoms with E-state index in [1.165, 1.54) is 12.1 Å². The summed E-state index contributed by atoms with van der Waals surface area (Å²) in [7, 11) is 0. The third-order valence-corrected chi connectivity index (χ3v) is 2.74. The van der Waals surface area contributed by atoms with Gasteiger partial charge in [-0.25, -0.2) is 0 Å². The average molecular weight is 307 g/mol. The van der Waals surface area contributed by atoms with Crippen LogP contribution in [0, 0.1) is 11.3 Å². The first-order chi connectivity index (χ1) is 10.4. The van der Waals surface area contributed by atoms with E-state index in [-0.39, 0.29) is 0 Å². The Morgan fingerprint density at radius 3 is 1.82 bits per heavy atom. The lowest BCUT2D eigenvalue weighted by atomic mass is 10.2. The summed E-state index contributed by atoms with van der Waals surface area (Å²) in [6, 6.07) is 12.8. The number of halogens is 3. The standard InChI is InChI=1S/C16H12F3NO2/c1-11(10-20)21-13-6-8-15(9-7-13)22-14-4-2-12(3-5-14)16(17,18)19/h2-9,11H,1H3. The van der Waals surface area contributed by atoms with Crippen LogP contribution >= 0.6 is 0 Å². The first-order valence-electron chi connectivity index (χ1n) is 6.40. The third-order valence-electron chi connectivity index (χ3n) is 2.74. The Morgan fingerprint density at radius 2 is 1.36 bits per heavy atom. The normalized spacial score (nSPS) is 12.3. The van der Waals surface area contributed by atoms with Crippen LogP contribution < -0.4 is 9.47 Å². The number of hydrogen-bond acceptors (Lipinski definition) is 3. The minimum atomic E-state index is -4.37. The predicted molar refractivity (Wildman–Crippen MR) is 73.7 cm³/mol. The van der Waals surface area contributed by atoms with Gasteiger partial charge >= 0.3 is 6.18 Å². The molecule has 2 aromatic rings. The van der Waals surface area contributed by atoms with E-state index in [0.29, 0.717) is 17.2 Å². The Balaban J connectivity index is 2.03. The molecule has 0 aliphatic rings. The van der Waals surface area contributed by atoms with Crippen LogP contribution in [0.5, 0.6) is 17.2 Å². The summed E-state index contributed by atoms with van der Waals surface area (Å²) in [5.41, 5.74) is -0.728. The highest BCUT2D eigenvalue weighted by atomic mass is 19.4. The summed E-state index contributed by atoms with van der Waals surface area (Å²) in [5, 5.41) is 8.65. The molecule has 1 atom stereocenters. The number of rotatable bonds is 4. The van der Waals surface area contributed by atoms with E-state index in [2.05, 4.69) is 0 Å². The fourth-order valence-electron chi connectivity index (χ4n) is 1.66. The molecule has 22 heavy (non-hydrogen) atoms. The monoisotopic (exact) mass is 307 g/mol. The maximum Gasteiger partial charge on any atom is 0.416 e. The summed E-state index contributed by atoms with van der Waals surface area (Å²) in [4.78, 5) is 0. The minimum Gasteiger partial charge on any atom is -0.476 e. The summed E-state index contributed by atoms with van der Waals surface area (Å²) < 4.78 is 48.1. The molecule has 0 fully saturated rings. The van der Waals surface area contributed by atoms with Crippen molar-refractivity contribution in [1.82, 2.24) is 0 Å². The average Bonchev–Trinajstić information content (AvgIpc) is 2.49. The smallest absolute Gasteiger partial charge is 0.416 e. The van der Waals surface area contributed by atoms with Crippen molar-refractivity contribution < 1.29 is 22.6 Å². The highest BCUT2D eigenvalue weighted by Crippen LogP contribution is 2.31. The Bertz CT molecular complexity index is 658. The minimum absolute atomic E-state index is 0.298. The maximum absolute atomic E-state index is 12.4. The van der Waals surface area contributed by atoms with Crippen LogP contribution in [0.25, 0.3) is 0 Å². The van der Waals surface area contributed by atoms with Crippen molar-refractivity contribution in [3.63, 3.8) is 0 Å². The Kier molecular flexibility index (Phi) is 4.56. The molecule has 0 radical (unpaired) electrons. The highest BCUT2D eigenvalue weighted by molar-refractivity contribution is 5.36. The molecule has 2 rings (SSSR count). The lowest BCUT2D eigenvalue weighted by molar-refractivity contribution is -0.137. The van der Waals surface area contributed by atoms with E-state index >= 15 is 0 Å². The number of hydrogen-bond donors (Lipinski definition) is 0. The molecule has 6 heteroatoms. The Morgan fingerprint density at radius 1 is 0.909 bits per heavy atom. The fraction of sp³-hybridized carbons (Fsp3) is 0.188. The van der Waals surface area contributed by atoms with Crippen LogP contribution in [0.2, 0.25) is 0 Å². The summed E-state index contributed by atoms with van der Waals surface area (Å²) in [6.07, 6.45) is -4.93. The first-order valence-corrected chi connectivity index (χ1v) is 6.40. The number of nitriles is 1. The van der Waals surface area contributed by atoms with Crippen molar-refractivity contribution >= 4 is 0 Å². The van der Waals surface area contributed by atoms with Crippen molar-refractivity contribution in [1.29, 1.82) is 5.26 Å². The molecule has 0 bridgehead atoms. The van der Waals surface area contributed by atoms with Gasteiger partial charge in [0.2, 0.25) is 0 Å². The second kappa shape index (κ2) is 6.39. The number of benzene rings is 2. The molecule has 3 nitrogen and oxygen atoms in total. The predicted octanol–water partition coefficient (Wildman–Crippen LogP) is 4.79. The molecule has 2 aromatic carbocycles. The van der Waals surface area contributed by atoms with Crippen molar-refractivity contribution in [2.45, 2.75) is 19.2 Å². The maximum atomic E-state index is 12.4. The van der Waals surface area contributed by atoms with Crippen molar-refractivity contribution in [2.75, 3.05) is 0 Å². The van der Waals surface area contributed by atoms with Crippen molar-refractivity contribution in [3.05, 3.63) is 54.1 Å². The SMILES string of the molecule is CC(C#N)Oc1ccc(Oc2ccc(C(F)(F)F)cc2)cc1. The lowest BCUT2D eigenvalue weighted by Crippen LogP contribution is -2.07. The van der Waals surface area contributed by atoms with Gasteiger partial charge in [0.05, 0.1) is 5.56 Å². The zero-order valence-corrected chi connectivity index (χ0v) is 11.6. The summed E-state index contributed by atoms with van der Waals surface area (Å²) in [6.45, 7) is 1.62. The lowest BCUT2D eigenvalue weighted by Gasteiger charge is -2.10. The molecule has 0 aliphatic heterocycles. The van der Waals surface area contributed by atoms with E-state index in [9.17, 15) is 13.2 Å². The van der Waals surface area contributed by atoms with Gasteiger partial charge in [0.1, 0.15) is 23.3 Å². The molecule has 0 aliphatic carbocycles. The second-order valence-corrected chi connectivity index (χ2v) is 4.48. The molecule has 0 aromatic heterocycles. The van der Waals surface area contributed by atoms with Crippen LogP contribution in [-0.4, -0.2) is 6.10 Å². The molecule has 0 saturated heterocycles. The Hall–Kier alpha value is -2.68. The van der Waals surface area contributed by atoms with Gasteiger partial charge in [0.25, 0.3) is 0 Å². The molecular weight excluding hydrogens is 295 g/mol. The highest BCUT2D eigenvalue weighted by Gasteiger charge is 2.30. The Labute approximate surface area is 125 Å². The van der Waals surface area contributed by atoms with Crippen molar-refractivity contribution in [3.8, 4) is 23.3 Å². The van der Waals surface area contributed by atoms with Gasteiger partial charge in [-0.2, -0.15) is 18.4 Å². The van der Waals surface area contributed by atoms with Crippen LogP contribution in [0.4, 0.5) is 13.2 Å². The van der Waals surface area contributed by atoms with Gasteiger partial charge in [-0.3, -0.25) is 0 Å². The molecule has 0 amide bonds. The van der Waals surface area contributed by atoms with E-state index < -0.39 is 17.8 Å². The molecule has 1 unspecified atom stereocenters. The zero-order valence-electron chi connectivity index (χ0n) is 11.6. The van der Waals surface area contributed by atoms with Crippen LogP contribution in [-0.2, 0) is 6.18 Å². The third kappa shape index (κ3) is 4.16. The van der Waals surface area contributed by atoms with Crippen molar-refractivity contribution in [2.24, 2.45) is 0 Å². The molecule has 0 N–H and O–H groups in total. The van der Waals surface area contributed by atoms with Crippen LogP contribution in [0.3, 0.4) is 0 Å². The van der Waals surface area contributed by atoms with Gasteiger partial charge in [-0.05, 0) is 55.5 Å². The fourth-order valence-corrected chi connectivity index (χ4v) is 1.66. The van der Waals surface area contributed by atoms with Crippen LogP contribution in [0.15, 0.2) is 48.5 Å². The van der Waals surface area contributed by atoms with E-state index in [1.807, 2.05) is 6.07 Å². The van der Waals surface area contributed by atoms with Gasteiger partial charge in [0.15, 0.2) is 6.10 Å². The van der Waals surface area contributed by atoms with E-state index in [4.69, 9.17) is 14.7 Å². The van der Waals surface area contributed by atoms with Gasteiger partial charge in [-0.1, -0.05) is 0 Å². The number of ether oxygens (including phenoxy) is 2. The van der Waals surface area contributed by atoms with Gasteiger partial charge < -0.3 is 9.47 Å². The molecule has 114 valence electrons. The molecule has 0 saturated carbocycles. The van der Waals surface area contributed by atoms with Gasteiger partial charge in [-0.15, -0.1) is 0 Å². The summed E-state index contributed by atoms with van der Waals surface area (Å²) >= 11 is 0. The largest absolute Gasteiger partial charge is 0.476 e. The topological polar surface area (TPSA) is 42.2 Å².